The predicted octanol–water partition coefficient (Wildman–Crippen LogP) is 8.25. The van der Waals surface area contributed by atoms with Crippen molar-refractivity contribution in [1.82, 2.24) is 0 Å². The van der Waals surface area contributed by atoms with Gasteiger partial charge in [0.1, 0.15) is 11.7 Å². The van der Waals surface area contributed by atoms with Crippen molar-refractivity contribution in [3.8, 4) is 5.75 Å². The maximum absolute atomic E-state index is 13.7. The SMILES string of the molecule is CCCCCCCCCCCCCCCc1cccc(OCC)c1C1C(C(=O)OCC)=C(COCCN)N=C(C)C1C(=O)OCC. The van der Waals surface area contributed by atoms with E-state index in [1.165, 1.54) is 70.6 Å². The Hall–Kier alpha value is -2.71. The van der Waals surface area contributed by atoms with Crippen LogP contribution >= 0.6 is 0 Å². The Morgan fingerprint density at radius 1 is 0.804 bits per heavy atom. The molecule has 1 aromatic carbocycles. The third kappa shape index (κ3) is 12.8. The number of hydrogen-bond donors (Lipinski definition) is 1. The maximum atomic E-state index is 13.7. The van der Waals surface area contributed by atoms with Crippen molar-refractivity contribution in [3.63, 3.8) is 0 Å². The number of benzene rings is 1. The van der Waals surface area contributed by atoms with E-state index in [1.807, 2.05) is 26.0 Å². The first-order chi connectivity index (χ1) is 22.4. The average molecular weight is 643 g/mol. The predicted molar refractivity (Wildman–Crippen MR) is 187 cm³/mol. The molecule has 2 N–H and O–H groups in total. The van der Waals surface area contributed by atoms with Gasteiger partial charge < -0.3 is 24.7 Å². The summed E-state index contributed by atoms with van der Waals surface area (Å²) in [6, 6.07) is 6.01. The summed E-state index contributed by atoms with van der Waals surface area (Å²) in [6.07, 6.45) is 17.6. The number of aryl methyl sites for hydroxylation is 1. The Balaban J connectivity index is 2.30. The van der Waals surface area contributed by atoms with E-state index in [4.69, 9.17) is 29.7 Å². The third-order valence-corrected chi connectivity index (χ3v) is 8.57. The molecule has 1 aliphatic rings. The van der Waals surface area contributed by atoms with E-state index >= 15 is 0 Å². The Morgan fingerprint density at radius 2 is 1.41 bits per heavy atom. The summed E-state index contributed by atoms with van der Waals surface area (Å²) in [6.45, 7) is 11.2. The molecule has 2 atom stereocenters. The topological polar surface area (TPSA) is 109 Å². The molecule has 0 aromatic heterocycles. The molecule has 0 aliphatic carbocycles. The fraction of sp³-hybridized carbons (Fsp3) is 0.711. The van der Waals surface area contributed by atoms with E-state index in [1.54, 1.807) is 13.8 Å². The zero-order chi connectivity index (χ0) is 33.6. The van der Waals surface area contributed by atoms with Crippen molar-refractivity contribution in [2.45, 2.75) is 130 Å². The highest BCUT2D eigenvalue weighted by atomic mass is 16.5. The lowest BCUT2D eigenvalue weighted by Crippen LogP contribution is -2.38. The number of hydrogen-bond acceptors (Lipinski definition) is 8. The van der Waals surface area contributed by atoms with E-state index in [-0.39, 0.29) is 19.8 Å². The Bertz CT molecular complexity index is 1100. The van der Waals surface area contributed by atoms with Gasteiger partial charge in [-0.05, 0) is 52.2 Å². The number of esters is 2. The second kappa shape index (κ2) is 23.6. The minimum atomic E-state index is -0.801. The molecular weight excluding hydrogens is 580 g/mol. The van der Waals surface area contributed by atoms with Gasteiger partial charge in [-0.2, -0.15) is 0 Å². The van der Waals surface area contributed by atoms with Gasteiger partial charge in [0.25, 0.3) is 0 Å². The number of unbranched alkanes of at least 4 members (excludes halogenated alkanes) is 12. The molecule has 0 fully saturated rings. The molecule has 0 saturated carbocycles. The first-order valence-electron chi connectivity index (χ1n) is 18.1. The highest BCUT2D eigenvalue weighted by molar-refractivity contribution is 6.07. The second-order valence-corrected chi connectivity index (χ2v) is 12.1. The van der Waals surface area contributed by atoms with Crippen molar-refractivity contribution in [1.29, 1.82) is 0 Å². The molecule has 0 saturated heterocycles. The molecule has 0 bridgehead atoms. The summed E-state index contributed by atoms with van der Waals surface area (Å²) in [5.41, 5.74) is 8.91. The first kappa shape index (κ1) is 39.5. The molecule has 1 aliphatic heterocycles. The molecule has 1 aromatic rings. The Labute approximate surface area is 278 Å². The molecule has 1 heterocycles. The van der Waals surface area contributed by atoms with Crippen LogP contribution in [0.4, 0.5) is 0 Å². The van der Waals surface area contributed by atoms with Crippen molar-refractivity contribution >= 4 is 17.7 Å². The maximum Gasteiger partial charge on any atom is 0.336 e. The molecule has 0 amide bonds. The van der Waals surface area contributed by atoms with Gasteiger partial charge in [0, 0.05) is 23.7 Å². The van der Waals surface area contributed by atoms with Gasteiger partial charge in [-0.15, -0.1) is 0 Å². The highest BCUT2D eigenvalue weighted by Gasteiger charge is 2.45. The van der Waals surface area contributed by atoms with Crippen molar-refractivity contribution in [3.05, 3.63) is 40.6 Å². The van der Waals surface area contributed by atoms with Crippen LogP contribution in [0.1, 0.15) is 135 Å². The molecule has 2 rings (SSSR count). The summed E-state index contributed by atoms with van der Waals surface area (Å²) < 4.78 is 23.1. The second-order valence-electron chi connectivity index (χ2n) is 12.1. The average Bonchev–Trinajstić information content (AvgIpc) is 3.03. The lowest BCUT2D eigenvalue weighted by Gasteiger charge is -2.34. The van der Waals surface area contributed by atoms with Gasteiger partial charge in [-0.1, -0.05) is 96.1 Å². The largest absolute Gasteiger partial charge is 0.494 e. The summed E-state index contributed by atoms with van der Waals surface area (Å²) in [5.74, 6) is -1.76. The minimum absolute atomic E-state index is 0.0831. The zero-order valence-electron chi connectivity index (χ0n) is 29.5. The Morgan fingerprint density at radius 3 is 1.98 bits per heavy atom. The van der Waals surface area contributed by atoms with Gasteiger partial charge in [-0.25, -0.2) is 4.79 Å². The molecule has 8 nitrogen and oxygen atoms in total. The van der Waals surface area contributed by atoms with Crippen LogP contribution in [-0.2, 0) is 30.2 Å². The number of ether oxygens (including phenoxy) is 4. The van der Waals surface area contributed by atoms with Gasteiger partial charge in [-0.3, -0.25) is 9.79 Å². The quantitative estimate of drug-likeness (QED) is 0.0845. The van der Waals surface area contributed by atoms with E-state index < -0.39 is 23.8 Å². The number of carbonyl (C=O) groups is 2. The van der Waals surface area contributed by atoms with Crippen LogP contribution < -0.4 is 10.5 Å². The number of nitrogens with zero attached hydrogens (tertiary/aromatic N) is 1. The van der Waals surface area contributed by atoms with Crippen molar-refractivity contribution in [2.24, 2.45) is 16.6 Å². The number of carbonyl (C=O) groups excluding carboxylic acids is 2. The number of nitrogens with two attached hydrogens (primary N) is 1. The van der Waals surface area contributed by atoms with Gasteiger partial charge in [0.05, 0.1) is 44.3 Å². The molecule has 8 heteroatoms. The molecule has 0 spiro atoms. The van der Waals surface area contributed by atoms with Gasteiger partial charge >= 0.3 is 11.9 Å². The third-order valence-electron chi connectivity index (χ3n) is 8.57. The van der Waals surface area contributed by atoms with Crippen molar-refractivity contribution in [2.75, 3.05) is 39.6 Å². The van der Waals surface area contributed by atoms with Crippen LogP contribution in [0.15, 0.2) is 34.5 Å². The van der Waals surface area contributed by atoms with E-state index in [0.717, 1.165) is 30.4 Å². The first-order valence-corrected chi connectivity index (χ1v) is 18.1. The normalized spacial score (nSPS) is 16.3. The van der Waals surface area contributed by atoms with Gasteiger partial charge in [0.15, 0.2) is 0 Å². The van der Waals surface area contributed by atoms with Crippen LogP contribution in [0.3, 0.4) is 0 Å². The number of aliphatic imine (C=N–C) groups is 1. The summed E-state index contributed by atoms with van der Waals surface area (Å²) in [4.78, 5) is 32.0. The molecule has 260 valence electrons. The van der Waals surface area contributed by atoms with Crippen LogP contribution in [-0.4, -0.2) is 57.2 Å². The van der Waals surface area contributed by atoms with E-state index in [2.05, 4.69) is 13.0 Å². The van der Waals surface area contributed by atoms with Crippen molar-refractivity contribution < 1.29 is 28.5 Å². The zero-order valence-corrected chi connectivity index (χ0v) is 29.5. The standard InChI is InChI=1S/C38H62N2O6/c1-6-10-11-12-13-14-15-16-17-18-19-20-21-23-30-24-22-25-32(44-7-2)34(30)36-33(37(41)45-8-3)29(5)40-31(28-43-27-26-39)35(36)38(42)46-9-4/h22,24-25,33,36H,6-21,23,26-28,39H2,1-5H3. The van der Waals surface area contributed by atoms with Crippen LogP contribution in [0.25, 0.3) is 0 Å². The fourth-order valence-corrected chi connectivity index (χ4v) is 6.37. The summed E-state index contributed by atoms with van der Waals surface area (Å²) >= 11 is 0. The summed E-state index contributed by atoms with van der Waals surface area (Å²) in [5, 5.41) is 0. The minimum Gasteiger partial charge on any atom is -0.494 e. The number of rotatable bonds is 25. The van der Waals surface area contributed by atoms with Gasteiger partial charge in [0.2, 0.25) is 0 Å². The molecule has 46 heavy (non-hydrogen) atoms. The van der Waals surface area contributed by atoms with Crippen LogP contribution in [0.2, 0.25) is 0 Å². The molecular formula is C38H62N2O6. The molecule has 2 unspecified atom stereocenters. The van der Waals surface area contributed by atoms with Crippen LogP contribution in [0.5, 0.6) is 5.75 Å². The lowest BCUT2D eigenvalue weighted by atomic mass is 9.73. The lowest BCUT2D eigenvalue weighted by molar-refractivity contribution is -0.146. The highest BCUT2D eigenvalue weighted by Crippen LogP contribution is 2.45. The van der Waals surface area contributed by atoms with E-state index in [9.17, 15) is 9.59 Å². The smallest absolute Gasteiger partial charge is 0.336 e. The monoisotopic (exact) mass is 642 g/mol. The fourth-order valence-electron chi connectivity index (χ4n) is 6.37. The Kier molecular flexibility index (Phi) is 20.2. The molecule has 0 radical (unpaired) electrons. The summed E-state index contributed by atoms with van der Waals surface area (Å²) in [7, 11) is 0. The van der Waals surface area contributed by atoms with E-state index in [0.29, 0.717) is 42.5 Å². The van der Waals surface area contributed by atoms with Crippen LogP contribution in [0, 0.1) is 5.92 Å².